The molecule has 24 heavy (non-hydrogen) atoms. The van der Waals surface area contributed by atoms with Gasteiger partial charge in [0.2, 0.25) is 0 Å². The number of fused-ring (bicyclic) bond motifs is 1. The summed E-state index contributed by atoms with van der Waals surface area (Å²) in [5.74, 6) is 0.719. The number of ether oxygens (including phenoxy) is 2. The van der Waals surface area contributed by atoms with Crippen LogP contribution < -0.4 is 10.1 Å². The van der Waals surface area contributed by atoms with E-state index in [2.05, 4.69) is 10.1 Å². The van der Waals surface area contributed by atoms with Crippen LogP contribution in [0.5, 0.6) is 5.75 Å². The maximum Gasteiger partial charge on any atom is 0.411 e. The minimum absolute atomic E-state index is 0.404. The maximum atomic E-state index is 11.3. The number of anilines is 1. The normalized spacial score (nSPS) is 10.6. The van der Waals surface area contributed by atoms with E-state index in [0.29, 0.717) is 12.3 Å². The van der Waals surface area contributed by atoms with E-state index in [-0.39, 0.29) is 0 Å². The molecule has 0 unspecified atom stereocenters. The summed E-state index contributed by atoms with van der Waals surface area (Å²) in [7, 11) is 1.33. The van der Waals surface area contributed by atoms with Crippen LogP contribution >= 0.6 is 22.9 Å². The van der Waals surface area contributed by atoms with Crippen molar-refractivity contribution in [1.29, 1.82) is 0 Å². The second kappa shape index (κ2) is 7.11. The van der Waals surface area contributed by atoms with Gasteiger partial charge in [-0.15, -0.1) is 11.3 Å². The lowest BCUT2D eigenvalue weighted by molar-refractivity contribution is 0.187. The average Bonchev–Trinajstić information content (AvgIpc) is 2.91. The van der Waals surface area contributed by atoms with Crippen LogP contribution in [0.25, 0.3) is 10.1 Å². The molecule has 0 saturated carbocycles. The van der Waals surface area contributed by atoms with Gasteiger partial charge in [0, 0.05) is 15.8 Å². The van der Waals surface area contributed by atoms with Gasteiger partial charge in [0.25, 0.3) is 0 Å². The molecule has 1 amide bonds. The van der Waals surface area contributed by atoms with E-state index in [9.17, 15) is 4.79 Å². The molecule has 0 aliphatic rings. The van der Waals surface area contributed by atoms with Crippen molar-refractivity contribution in [3.8, 4) is 5.75 Å². The SMILES string of the molecule is COC(=O)Nc1ccc(OCc2sc3ccccc3c2Cl)cc1C. The Balaban J connectivity index is 1.73. The Morgan fingerprint density at radius 1 is 1.25 bits per heavy atom. The largest absolute Gasteiger partial charge is 0.488 e. The van der Waals surface area contributed by atoms with Crippen LogP contribution in [-0.4, -0.2) is 13.2 Å². The van der Waals surface area contributed by atoms with Crippen molar-refractivity contribution >= 4 is 44.8 Å². The van der Waals surface area contributed by atoms with E-state index < -0.39 is 6.09 Å². The summed E-state index contributed by atoms with van der Waals surface area (Å²) in [6.45, 7) is 2.30. The molecule has 0 fully saturated rings. The first kappa shape index (κ1) is 16.6. The van der Waals surface area contributed by atoms with Crippen molar-refractivity contribution in [2.75, 3.05) is 12.4 Å². The molecule has 1 heterocycles. The number of methoxy groups -OCH3 is 1. The van der Waals surface area contributed by atoms with Gasteiger partial charge in [-0.05, 0) is 36.8 Å². The number of thiophene rings is 1. The lowest BCUT2D eigenvalue weighted by atomic mass is 10.2. The monoisotopic (exact) mass is 361 g/mol. The van der Waals surface area contributed by atoms with E-state index in [1.807, 2.05) is 37.3 Å². The van der Waals surface area contributed by atoms with Crippen LogP contribution in [0.2, 0.25) is 5.02 Å². The lowest BCUT2D eigenvalue weighted by Gasteiger charge is -2.10. The minimum atomic E-state index is -0.496. The first-order chi connectivity index (χ1) is 11.6. The minimum Gasteiger partial charge on any atom is -0.488 e. The van der Waals surface area contributed by atoms with Crippen LogP contribution in [0, 0.1) is 6.92 Å². The zero-order valence-electron chi connectivity index (χ0n) is 13.3. The lowest BCUT2D eigenvalue weighted by Crippen LogP contribution is -2.11. The molecule has 3 aromatic rings. The van der Waals surface area contributed by atoms with Gasteiger partial charge in [-0.2, -0.15) is 0 Å². The number of hydrogen-bond acceptors (Lipinski definition) is 4. The number of halogens is 1. The molecule has 2 aromatic carbocycles. The smallest absolute Gasteiger partial charge is 0.411 e. The van der Waals surface area contributed by atoms with Crippen molar-refractivity contribution in [2.24, 2.45) is 0 Å². The fraction of sp³-hybridized carbons (Fsp3) is 0.167. The number of rotatable bonds is 4. The standard InChI is InChI=1S/C18H16ClNO3S/c1-11-9-12(7-8-14(11)20-18(21)22-2)23-10-16-17(19)13-5-3-4-6-15(13)24-16/h3-9H,10H2,1-2H3,(H,20,21). The quantitative estimate of drug-likeness (QED) is 0.656. The van der Waals surface area contributed by atoms with E-state index in [1.165, 1.54) is 7.11 Å². The Morgan fingerprint density at radius 3 is 2.75 bits per heavy atom. The number of amides is 1. The highest BCUT2D eigenvalue weighted by molar-refractivity contribution is 7.19. The summed E-state index contributed by atoms with van der Waals surface area (Å²) >= 11 is 8.05. The third-order valence-electron chi connectivity index (χ3n) is 3.59. The van der Waals surface area contributed by atoms with Crippen LogP contribution in [0.15, 0.2) is 42.5 Å². The van der Waals surface area contributed by atoms with Gasteiger partial charge in [0.1, 0.15) is 12.4 Å². The predicted molar refractivity (Wildman–Crippen MR) is 98.4 cm³/mol. The summed E-state index contributed by atoms with van der Waals surface area (Å²) in [6, 6.07) is 13.5. The van der Waals surface area contributed by atoms with Crippen LogP contribution in [0.4, 0.5) is 10.5 Å². The molecule has 6 heteroatoms. The zero-order chi connectivity index (χ0) is 17.1. The highest BCUT2D eigenvalue weighted by Gasteiger charge is 2.11. The second-order valence-corrected chi connectivity index (χ2v) is 6.73. The number of benzene rings is 2. The molecule has 124 valence electrons. The van der Waals surface area contributed by atoms with Gasteiger partial charge >= 0.3 is 6.09 Å². The zero-order valence-corrected chi connectivity index (χ0v) is 14.8. The molecule has 0 atom stereocenters. The fourth-order valence-corrected chi connectivity index (χ4v) is 3.73. The summed E-state index contributed by atoms with van der Waals surface area (Å²) < 4.78 is 11.6. The van der Waals surface area contributed by atoms with Gasteiger partial charge in [0.05, 0.1) is 17.0 Å². The van der Waals surface area contributed by atoms with Gasteiger partial charge < -0.3 is 9.47 Å². The third-order valence-corrected chi connectivity index (χ3v) is 5.28. The molecule has 3 rings (SSSR count). The Hall–Kier alpha value is -2.24. The summed E-state index contributed by atoms with van der Waals surface area (Å²) in [5.41, 5.74) is 1.58. The van der Waals surface area contributed by atoms with Gasteiger partial charge in [-0.3, -0.25) is 5.32 Å². The molecule has 0 aliphatic heterocycles. The highest BCUT2D eigenvalue weighted by Crippen LogP contribution is 2.36. The molecule has 0 spiro atoms. The molecule has 1 N–H and O–H groups in total. The Labute approximate surface area is 149 Å². The number of hydrogen-bond donors (Lipinski definition) is 1. The van der Waals surface area contributed by atoms with Crippen LogP contribution in [-0.2, 0) is 11.3 Å². The number of nitrogens with one attached hydrogen (secondary N) is 1. The van der Waals surface area contributed by atoms with Gasteiger partial charge in [-0.25, -0.2) is 4.79 Å². The molecule has 0 saturated heterocycles. The van der Waals surface area contributed by atoms with Gasteiger partial charge in [-0.1, -0.05) is 29.8 Å². The highest BCUT2D eigenvalue weighted by atomic mass is 35.5. The Morgan fingerprint density at radius 2 is 2.04 bits per heavy atom. The van der Waals surface area contributed by atoms with E-state index in [1.54, 1.807) is 23.5 Å². The summed E-state index contributed by atoms with van der Waals surface area (Å²) in [4.78, 5) is 12.3. The molecular weight excluding hydrogens is 346 g/mol. The average molecular weight is 362 g/mol. The van der Waals surface area contributed by atoms with E-state index >= 15 is 0 Å². The van der Waals surface area contributed by atoms with Crippen molar-refractivity contribution in [3.63, 3.8) is 0 Å². The number of carbonyl (C=O) groups excluding carboxylic acids is 1. The first-order valence-corrected chi connectivity index (χ1v) is 8.52. The maximum absolute atomic E-state index is 11.3. The topological polar surface area (TPSA) is 47.6 Å². The molecule has 0 aliphatic carbocycles. The van der Waals surface area contributed by atoms with E-state index in [0.717, 1.165) is 31.3 Å². The van der Waals surface area contributed by atoms with Crippen LogP contribution in [0.1, 0.15) is 10.4 Å². The molecule has 1 aromatic heterocycles. The summed E-state index contributed by atoms with van der Waals surface area (Å²) in [6.07, 6.45) is -0.496. The predicted octanol–water partition coefficient (Wildman–Crippen LogP) is 5.62. The fourth-order valence-electron chi connectivity index (χ4n) is 2.33. The third kappa shape index (κ3) is 3.47. The first-order valence-electron chi connectivity index (χ1n) is 7.33. The van der Waals surface area contributed by atoms with Crippen molar-refractivity contribution < 1.29 is 14.3 Å². The molecule has 0 radical (unpaired) electrons. The van der Waals surface area contributed by atoms with Gasteiger partial charge in [0.15, 0.2) is 0 Å². The number of carbonyl (C=O) groups is 1. The number of aryl methyl sites for hydroxylation is 1. The van der Waals surface area contributed by atoms with Crippen LogP contribution in [0.3, 0.4) is 0 Å². The molecule has 4 nitrogen and oxygen atoms in total. The van der Waals surface area contributed by atoms with Crippen molar-refractivity contribution in [3.05, 3.63) is 57.9 Å². The Bertz CT molecular complexity index is 891. The second-order valence-electron chi connectivity index (χ2n) is 5.22. The van der Waals surface area contributed by atoms with Crippen molar-refractivity contribution in [1.82, 2.24) is 0 Å². The van der Waals surface area contributed by atoms with Crippen molar-refractivity contribution in [2.45, 2.75) is 13.5 Å². The Kier molecular flexibility index (Phi) is 4.92. The van der Waals surface area contributed by atoms with E-state index in [4.69, 9.17) is 16.3 Å². The summed E-state index contributed by atoms with van der Waals surface area (Å²) in [5, 5.41) is 4.45. The molecule has 0 bridgehead atoms. The molecular formula is C18H16ClNO3S.